The summed E-state index contributed by atoms with van der Waals surface area (Å²) >= 11 is 0. The standard InChI is InChI=1S/C11H17NO4/c1-2-15-11(13)9(6-12)4-3-5-14-7-10-8-16-10/h9-10H,2-5,7-8H2,1H3/t9-,10-/m0/s1. The number of esters is 1. The molecule has 0 aromatic carbocycles. The van der Waals surface area contributed by atoms with Crippen molar-refractivity contribution in [3.05, 3.63) is 0 Å². The molecule has 0 aromatic heterocycles. The second-order valence-corrected chi connectivity index (χ2v) is 3.61. The minimum atomic E-state index is -0.666. The molecule has 16 heavy (non-hydrogen) atoms. The molecule has 1 aliphatic heterocycles. The maximum absolute atomic E-state index is 11.3. The van der Waals surface area contributed by atoms with Crippen LogP contribution in [-0.2, 0) is 19.0 Å². The van der Waals surface area contributed by atoms with E-state index in [1.54, 1.807) is 6.92 Å². The molecular weight excluding hydrogens is 210 g/mol. The van der Waals surface area contributed by atoms with Crippen LogP contribution in [0.5, 0.6) is 0 Å². The van der Waals surface area contributed by atoms with Crippen molar-refractivity contribution < 1.29 is 19.0 Å². The number of carbonyl (C=O) groups is 1. The van der Waals surface area contributed by atoms with Gasteiger partial charge in [-0.1, -0.05) is 0 Å². The molecule has 5 heteroatoms. The zero-order valence-electron chi connectivity index (χ0n) is 9.48. The Labute approximate surface area is 95.3 Å². The lowest BCUT2D eigenvalue weighted by Gasteiger charge is -2.07. The highest BCUT2D eigenvalue weighted by Gasteiger charge is 2.22. The third kappa shape index (κ3) is 5.10. The van der Waals surface area contributed by atoms with E-state index < -0.39 is 11.9 Å². The lowest BCUT2D eigenvalue weighted by atomic mass is 10.1. The summed E-state index contributed by atoms with van der Waals surface area (Å²) in [6.07, 6.45) is 1.43. The van der Waals surface area contributed by atoms with Crippen LogP contribution < -0.4 is 0 Å². The number of epoxide rings is 1. The van der Waals surface area contributed by atoms with Gasteiger partial charge in [-0.25, -0.2) is 0 Å². The van der Waals surface area contributed by atoms with Crippen LogP contribution in [0.4, 0.5) is 0 Å². The number of ether oxygens (including phenoxy) is 3. The summed E-state index contributed by atoms with van der Waals surface area (Å²) in [4.78, 5) is 11.3. The van der Waals surface area contributed by atoms with Crippen molar-refractivity contribution in [1.82, 2.24) is 0 Å². The number of hydrogen-bond donors (Lipinski definition) is 0. The van der Waals surface area contributed by atoms with Crippen LogP contribution in [0, 0.1) is 17.2 Å². The highest BCUT2D eigenvalue weighted by Crippen LogP contribution is 2.11. The lowest BCUT2D eigenvalue weighted by Crippen LogP contribution is -2.17. The van der Waals surface area contributed by atoms with Gasteiger partial charge in [0.1, 0.15) is 12.0 Å². The van der Waals surface area contributed by atoms with Gasteiger partial charge in [-0.15, -0.1) is 0 Å². The Morgan fingerprint density at radius 2 is 2.44 bits per heavy atom. The van der Waals surface area contributed by atoms with Crippen molar-refractivity contribution in [3.63, 3.8) is 0 Å². The fraction of sp³-hybridized carbons (Fsp3) is 0.818. The summed E-state index contributed by atoms with van der Waals surface area (Å²) in [6.45, 7) is 3.98. The topological polar surface area (TPSA) is 71.9 Å². The molecule has 1 heterocycles. The summed E-state index contributed by atoms with van der Waals surface area (Å²) in [7, 11) is 0. The second-order valence-electron chi connectivity index (χ2n) is 3.61. The predicted molar refractivity (Wildman–Crippen MR) is 55.5 cm³/mol. The largest absolute Gasteiger partial charge is 0.465 e. The van der Waals surface area contributed by atoms with Gasteiger partial charge in [0.15, 0.2) is 0 Å². The number of nitriles is 1. The molecule has 0 radical (unpaired) electrons. The minimum absolute atomic E-state index is 0.261. The molecule has 1 saturated heterocycles. The van der Waals surface area contributed by atoms with E-state index in [1.165, 1.54) is 0 Å². The Morgan fingerprint density at radius 1 is 1.69 bits per heavy atom. The monoisotopic (exact) mass is 227 g/mol. The van der Waals surface area contributed by atoms with Crippen molar-refractivity contribution >= 4 is 5.97 Å². The van der Waals surface area contributed by atoms with Gasteiger partial charge in [-0.3, -0.25) is 4.79 Å². The number of carbonyl (C=O) groups excluding carboxylic acids is 1. The van der Waals surface area contributed by atoms with Crippen molar-refractivity contribution in [1.29, 1.82) is 5.26 Å². The Morgan fingerprint density at radius 3 is 3.00 bits per heavy atom. The van der Waals surface area contributed by atoms with E-state index in [1.807, 2.05) is 6.07 Å². The number of nitrogens with zero attached hydrogens (tertiary/aromatic N) is 1. The van der Waals surface area contributed by atoms with Crippen LogP contribution in [-0.4, -0.2) is 38.5 Å². The molecule has 5 nitrogen and oxygen atoms in total. The first-order valence-electron chi connectivity index (χ1n) is 5.53. The lowest BCUT2D eigenvalue weighted by molar-refractivity contribution is -0.146. The van der Waals surface area contributed by atoms with Crippen LogP contribution in [0.3, 0.4) is 0 Å². The molecule has 2 atom stereocenters. The zero-order valence-corrected chi connectivity index (χ0v) is 9.48. The first-order chi connectivity index (χ1) is 7.77. The van der Waals surface area contributed by atoms with Crippen LogP contribution in [0.2, 0.25) is 0 Å². The zero-order chi connectivity index (χ0) is 11.8. The summed E-state index contributed by atoms with van der Waals surface area (Å²) < 4.78 is 15.1. The van der Waals surface area contributed by atoms with Gasteiger partial charge in [0.05, 0.1) is 25.9 Å². The summed E-state index contributed by atoms with van der Waals surface area (Å²) in [5, 5.41) is 8.77. The van der Waals surface area contributed by atoms with Crippen LogP contribution in [0.25, 0.3) is 0 Å². The molecule has 0 aliphatic carbocycles. The molecule has 1 fully saturated rings. The van der Waals surface area contributed by atoms with Crippen LogP contribution in [0.1, 0.15) is 19.8 Å². The Hall–Kier alpha value is -1.12. The molecule has 0 amide bonds. The Kier molecular flexibility index (Phi) is 5.83. The van der Waals surface area contributed by atoms with Crippen LogP contribution >= 0.6 is 0 Å². The van der Waals surface area contributed by atoms with E-state index in [2.05, 4.69) is 0 Å². The van der Waals surface area contributed by atoms with Gasteiger partial charge in [-0.2, -0.15) is 5.26 Å². The van der Waals surface area contributed by atoms with E-state index in [0.717, 1.165) is 6.61 Å². The Balaban J connectivity index is 2.03. The van der Waals surface area contributed by atoms with Crippen LogP contribution in [0.15, 0.2) is 0 Å². The van der Waals surface area contributed by atoms with E-state index >= 15 is 0 Å². The molecule has 0 bridgehead atoms. The van der Waals surface area contributed by atoms with E-state index in [0.29, 0.717) is 32.7 Å². The fourth-order valence-corrected chi connectivity index (χ4v) is 1.25. The van der Waals surface area contributed by atoms with Crippen molar-refractivity contribution in [2.75, 3.05) is 26.4 Å². The molecule has 1 rings (SSSR count). The average Bonchev–Trinajstić information content (AvgIpc) is 3.07. The molecular formula is C11H17NO4. The number of hydrogen-bond acceptors (Lipinski definition) is 5. The number of rotatable bonds is 8. The van der Waals surface area contributed by atoms with Crippen molar-refractivity contribution in [2.45, 2.75) is 25.9 Å². The first-order valence-corrected chi connectivity index (χ1v) is 5.53. The van der Waals surface area contributed by atoms with E-state index in [4.69, 9.17) is 19.5 Å². The summed E-state index contributed by atoms with van der Waals surface area (Å²) in [6, 6.07) is 1.94. The van der Waals surface area contributed by atoms with Gasteiger partial charge >= 0.3 is 5.97 Å². The minimum Gasteiger partial charge on any atom is -0.465 e. The summed E-state index contributed by atoms with van der Waals surface area (Å²) in [5.41, 5.74) is 0. The molecule has 0 N–H and O–H groups in total. The van der Waals surface area contributed by atoms with E-state index in [-0.39, 0.29) is 6.10 Å². The fourth-order valence-electron chi connectivity index (χ4n) is 1.25. The van der Waals surface area contributed by atoms with Crippen molar-refractivity contribution in [3.8, 4) is 6.07 Å². The molecule has 0 saturated carbocycles. The molecule has 90 valence electrons. The second kappa shape index (κ2) is 7.20. The van der Waals surface area contributed by atoms with Gasteiger partial charge in [0, 0.05) is 6.61 Å². The molecule has 0 aromatic rings. The molecule has 0 spiro atoms. The van der Waals surface area contributed by atoms with Gasteiger partial charge in [0.2, 0.25) is 0 Å². The SMILES string of the molecule is CCOC(=O)[C@H](C#N)CCCOC[C@H]1CO1. The quantitative estimate of drug-likeness (QED) is 0.350. The van der Waals surface area contributed by atoms with Gasteiger partial charge in [-0.05, 0) is 19.8 Å². The van der Waals surface area contributed by atoms with Gasteiger partial charge < -0.3 is 14.2 Å². The maximum Gasteiger partial charge on any atom is 0.323 e. The summed E-state index contributed by atoms with van der Waals surface area (Å²) in [5.74, 6) is -1.10. The third-order valence-electron chi connectivity index (χ3n) is 2.21. The first kappa shape index (κ1) is 12.9. The highest BCUT2D eigenvalue weighted by atomic mass is 16.6. The molecule has 1 aliphatic rings. The Bertz CT molecular complexity index is 257. The average molecular weight is 227 g/mol. The van der Waals surface area contributed by atoms with Crippen molar-refractivity contribution in [2.24, 2.45) is 5.92 Å². The maximum atomic E-state index is 11.3. The normalized spacial score (nSPS) is 19.9. The highest BCUT2D eigenvalue weighted by molar-refractivity contribution is 5.75. The molecule has 0 unspecified atom stereocenters. The van der Waals surface area contributed by atoms with Gasteiger partial charge in [0.25, 0.3) is 0 Å². The predicted octanol–water partition coefficient (Wildman–Crippen LogP) is 0.885. The van der Waals surface area contributed by atoms with E-state index in [9.17, 15) is 4.79 Å². The smallest absolute Gasteiger partial charge is 0.323 e. The third-order valence-corrected chi connectivity index (χ3v) is 2.21.